The lowest BCUT2D eigenvalue weighted by Crippen LogP contribution is -1.97. The molecular formula is C18H17ClO2. The Kier molecular flexibility index (Phi) is 3.89. The number of aryl methyl sites for hydroxylation is 1. The Labute approximate surface area is 129 Å². The highest BCUT2D eigenvalue weighted by molar-refractivity contribution is 6.20. The Morgan fingerprint density at radius 1 is 1.14 bits per heavy atom. The van der Waals surface area contributed by atoms with Crippen LogP contribution in [0.5, 0.6) is 5.75 Å². The molecule has 1 atom stereocenters. The molecule has 2 nitrogen and oxygen atoms in total. The number of benzene rings is 2. The van der Waals surface area contributed by atoms with Gasteiger partial charge in [-0.05, 0) is 43.2 Å². The molecule has 1 unspecified atom stereocenters. The number of rotatable bonds is 4. The summed E-state index contributed by atoms with van der Waals surface area (Å²) in [5, 5.41) is 0.879. The molecule has 1 aromatic heterocycles. The molecule has 2 aromatic carbocycles. The molecule has 3 rings (SSSR count). The fourth-order valence-corrected chi connectivity index (χ4v) is 2.78. The number of fused-ring (bicyclic) bond motifs is 1. The molecule has 1 heterocycles. The van der Waals surface area contributed by atoms with Crippen LogP contribution in [0.15, 0.2) is 52.9 Å². The maximum absolute atomic E-state index is 6.53. The summed E-state index contributed by atoms with van der Waals surface area (Å²) in [4.78, 5) is 0. The van der Waals surface area contributed by atoms with Crippen molar-refractivity contribution < 1.29 is 9.15 Å². The number of alkyl halides is 1. The lowest BCUT2D eigenvalue weighted by atomic mass is 10.1. The van der Waals surface area contributed by atoms with E-state index < -0.39 is 0 Å². The van der Waals surface area contributed by atoms with Crippen molar-refractivity contribution in [3.05, 3.63) is 65.4 Å². The highest BCUT2D eigenvalue weighted by atomic mass is 35.5. The zero-order chi connectivity index (χ0) is 14.8. The summed E-state index contributed by atoms with van der Waals surface area (Å²) in [6, 6.07) is 16.1. The average Bonchev–Trinajstić information content (AvgIpc) is 2.91. The number of hydrogen-bond acceptors (Lipinski definition) is 2. The Morgan fingerprint density at radius 2 is 1.95 bits per heavy atom. The SMILES string of the molecule is COc1ccccc1CC(Cl)c1cc2cc(C)ccc2o1. The van der Waals surface area contributed by atoms with Gasteiger partial charge in [0.25, 0.3) is 0 Å². The fourth-order valence-electron chi connectivity index (χ4n) is 2.50. The summed E-state index contributed by atoms with van der Waals surface area (Å²) < 4.78 is 11.2. The van der Waals surface area contributed by atoms with Crippen LogP contribution in [0.3, 0.4) is 0 Å². The van der Waals surface area contributed by atoms with Gasteiger partial charge in [-0.3, -0.25) is 0 Å². The first-order valence-electron chi connectivity index (χ1n) is 6.93. The molecule has 0 saturated carbocycles. The van der Waals surface area contributed by atoms with Gasteiger partial charge in [0.1, 0.15) is 17.1 Å². The van der Waals surface area contributed by atoms with Crippen molar-refractivity contribution in [3.8, 4) is 5.75 Å². The third-order valence-corrected chi connectivity index (χ3v) is 3.96. The third-order valence-electron chi connectivity index (χ3n) is 3.59. The summed E-state index contributed by atoms with van der Waals surface area (Å²) in [6.07, 6.45) is 0.671. The quantitative estimate of drug-likeness (QED) is 0.612. The monoisotopic (exact) mass is 300 g/mol. The van der Waals surface area contributed by atoms with Crippen LogP contribution < -0.4 is 4.74 Å². The smallest absolute Gasteiger partial charge is 0.134 e. The molecule has 0 amide bonds. The minimum atomic E-state index is -0.214. The van der Waals surface area contributed by atoms with E-state index in [1.165, 1.54) is 5.56 Å². The Bertz CT molecular complexity index is 761. The summed E-state index contributed by atoms with van der Waals surface area (Å²) in [5.41, 5.74) is 3.17. The summed E-state index contributed by atoms with van der Waals surface area (Å²) in [7, 11) is 1.67. The molecule has 3 aromatic rings. The van der Waals surface area contributed by atoms with Crippen molar-refractivity contribution in [2.24, 2.45) is 0 Å². The van der Waals surface area contributed by atoms with Crippen molar-refractivity contribution in [3.63, 3.8) is 0 Å². The number of halogens is 1. The fraction of sp³-hybridized carbons (Fsp3) is 0.222. The molecule has 0 saturated heterocycles. The molecular weight excluding hydrogens is 284 g/mol. The number of methoxy groups -OCH3 is 1. The lowest BCUT2D eigenvalue weighted by molar-refractivity contribution is 0.408. The topological polar surface area (TPSA) is 22.4 Å². The second kappa shape index (κ2) is 5.82. The number of hydrogen-bond donors (Lipinski definition) is 0. The van der Waals surface area contributed by atoms with Gasteiger partial charge in [0, 0.05) is 5.39 Å². The third kappa shape index (κ3) is 2.91. The highest BCUT2D eigenvalue weighted by Crippen LogP contribution is 2.33. The first-order valence-corrected chi connectivity index (χ1v) is 7.37. The van der Waals surface area contributed by atoms with Crippen molar-refractivity contribution in [2.75, 3.05) is 7.11 Å². The highest BCUT2D eigenvalue weighted by Gasteiger charge is 2.16. The molecule has 0 aliphatic carbocycles. The molecule has 0 N–H and O–H groups in total. The van der Waals surface area contributed by atoms with Gasteiger partial charge in [0.15, 0.2) is 0 Å². The van der Waals surface area contributed by atoms with Crippen LogP contribution in [-0.2, 0) is 6.42 Å². The zero-order valence-corrected chi connectivity index (χ0v) is 12.9. The second-order valence-corrected chi connectivity index (χ2v) is 5.70. The van der Waals surface area contributed by atoms with Crippen molar-refractivity contribution in [1.29, 1.82) is 0 Å². The molecule has 21 heavy (non-hydrogen) atoms. The second-order valence-electron chi connectivity index (χ2n) is 5.17. The van der Waals surface area contributed by atoms with E-state index in [2.05, 4.69) is 13.0 Å². The van der Waals surface area contributed by atoms with E-state index in [0.717, 1.165) is 28.0 Å². The minimum Gasteiger partial charge on any atom is -0.496 e. The van der Waals surface area contributed by atoms with Gasteiger partial charge < -0.3 is 9.15 Å². The normalized spacial score (nSPS) is 12.5. The molecule has 108 valence electrons. The standard InChI is InChI=1S/C18H17ClO2/c1-12-7-8-17-14(9-12)11-18(21-17)15(19)10-13-5-3-4-6-16(13)20-2/h3-9,11,15H,10H2,1-2H3. The molecule has 0 aliphatic heterocycles. The van der Waals surface area contributed by atoms with Crippen LogP contribution in [0.4, 0.5) is 0 Å². The van der Waals surface area contributed by atoms with Gasteiger partial charge in [-0.25, -0.2) is 0 Å². The molecule has 0 radical (unpaired) electrons. The van der Waals surface area contributed by atoms with E-state index in [4.69, 9.17) is 20.8 Å². The van der Waals surface area contributed by atoms with Gasteiger partial charge in [-0.15, -0.1) is 11.6 Å². The Balaban J connectivity index is 1.88. The number of para-hydroxylation sites is 1. The summed E-state index contributed by atoms with van der Waals surface area (Å²) in [6.45, 7) is 2.07. The van der Waals surface area contributed by atoms with Crippen molar-refractivity contribution >= 4 is 22.6 Å². The van der Waals surface area contributed by atoms with Crippen LogP contribution in [0.1, 0.15) is 22.3 Å². The van der Waals surface area contributed by atoms with Gasteiger partial charge in [-0.1, -0.05) is 29.8 Å². The van der Waals surface area contributed by atoms with E-state index in [1.54, 1.807) is 7.11 Å². The Morgan fingerprint density at radius 3 is 2.76 bits per heavy atom. The van der Waals surface area contributed by atoms with Crippen molar-refractivity contribution in [1.82, 2.24) is 0 Å². The van der Waals surface area contributed by atoms with Crippen LogP contribution >= 0.6 is 11.6 Å². The van der Waals surface area contributed by atoms with Crippen LogP contribution in [0, 0.1) is 6.92 Å². The summed E-state index contributed by atoms with van der Waals surface area (Å²) >= 11 is 6.53. The largest absolute Gasteiger partial charge is 0.496 e. The first kappa shape index (κ1) is 14.0. The van der Waals surface area contributed by atoms with E-state index in [9.17, 15) is 0 Å². The average molecular weight is 301 g/mol. The van der Waals surface area contributed by atoms with E-state index >= 15 is 0 Å². The van der Waals surface area contributed by atoms with E-state index in [0.29, 0.717) is 6.42 Å². The van der Waals surface area contributed by atoms with Crippen LogP contribution in [-0.4, -0.2) is 7.11 Å². The van der Waals surface area contributed by atoms with E-state index in [1.807, 2.05) is 42.5 Å². The molecule has 0 bridgehead atoms. The van der Waals surface area contributed by atoms with Gasteiger partial charge in [0.05, 0.1) is 12.5 Å². The van der Waals surface area contributed by atoms with Gasteiger partial charge in [-0.2, -0.15) is 0 Å². The molecule has 0 spiro atoms. The van der Waals surface area contributed by atoms with E-state index in [-0.39, 0.29) is 5.38 Å². The first-order chi connectivity index (χ1) is 10.2. The van der Waals surface area contributed by atoms with Gasteiger partial charge >= 0.3 is 0 Å². The maximum atomic E-state index is 6.53. The predicted octanol–water partition coefficient (Wildman–Crippen LogP) is 5.27. The summed E-state index contributed by atoms with van der Waals surface area (Å²) in [5.74, 6) is 1.65. The zero-order valence-electron chi connectivity index (χ0n) is 12.1. The lowest BCUT2D eigenvalue weighted by Gasteiger charge is -2.10. The van der Waals surface area contributed by atoms with Crippen molar-refractivity contribution in [2.45, 2.75) is 18.7 Å². The number of ether oxygens (including phenoxy) is 1. The van der Waals surface area contributed by atoms with Gasteiger partial charge in [0.2, 0.25) is 0 Å². The molecule has 3 heteroatoms. The van der Waals surface area contributed by atoms with Crippen LogP contribution in [0.25, 0.3) is 11.0 Å². The number of furan rings is 1. The minimum absolute atomic E-state index is 0.214. The predicted molar refractivity (Wildman–Crippen MR) is 86.2 cm³/mol. The Hall–Kier alpha value is -1.93. The van der Waals surface area contributed by atoms with Crippen LogP contribution in [0.2, 0.25) is 0 Å². The molecule has 0 aliphatic rings. The maximum Gasteiger partial charge on any atom is 0.134 e. The molecule has 0 fully saturated rings.